The van der Waals surface area contributed by atoms with Crippen LogP contribution in [0.5, 0.6) is 5.75 Å². The van der Waals surface area contributed by atoms with Crippen molar-refractivity contribution in [3.63, 3.8) is 0 Å². The Morgan fingerprint density at radius 3 is 2.50 bits per heavy atom. The van der Waals surface area contributed by atoms with Crippen molar-refractivity contribution in [1.29, 1.82) is 0 Å². The van der Waals surface area contributed by atoms with Gasteiger partial charge in [0.05, 0.1) is 29.4 Å². The molecule has 0 saturated heterocycles. The Hall–Kier alpha value is -2.56. The van der Waals surface area contributed by atoms with E-state index in [0.29, 0.717) is 18.9 Å². The van der Waals surface area contributed by atoms with Crippen LogP contribution < -0.4 is 14.8 Å². The largest absolute Gasteiger partial charge is 0.496 e. The van der Waals surface area contributed by atoms with Crippen molar-refractivity contribution in [3.05, 3.63) is 53.6 Å². The molecule has 0 aliphatic heterocycles. The molecule has 1 saturated carbocycles. The average Bonchev–Trinajstić information content (AvgIpc) is 2.62. The van der Waals surface area contributed by atoms with Gasteiger partial charge < -0.3 is 15.2 Å². The van der Waals surface area contributed by atoms with Crippen molar-refractivity contribution in [2.45, 2.75) is 29.9 Å². The van der Waals surface area contributed by atoms with E-state index in [1.165, 1.54) is 19.2 Å². The molecular formula is C18H18F2N2O5S. The lowest BCUT2D eigenvalue weighted by molar-refractivity contribution is 0.0712. The maximum Gasteiger partial charge on any atom is 0.259 e. The van der Waals surface area contributed by atoms with Crippen molar-refractivity contribution in [3.8, 4) is 5.75 Å². The summed E-state index contributed by atoms with van der Waals surface area (Å²) >= 11 is 0. The first-order valence-corrected chi connectivity index (χ1v) is 9.83. The molecule has 3 N–H and O–H groups in total. The monoisotopic (exact) mass is 412 g/mol. The summed E-state index contributed by atoms with van der Waals surface area (Å²) in [5, 5.41) is 11.6. The molecule has 1 aliphatic carbocycles. The minimum Gasteiger partial charge on any atom is -0.496 e. The lowest BCUT2D eigenvalue weighted by atomic mass is 9.91. The number of sulfonamides is 1. The Morgan fingerprint density at radius 1 is 1.18 bits per heavy atom. The molecule has 1 amide bonds. The lowest BCUT2D eigenvalue weighted by Crippen LogP contribution is -2.46. The molecular weight excluding hydrogens is 394 g/mol. The third-order valence-electron chi connectivity index (χ3n) is 4.34. The number of carbonyl (C=O) groups excluding carboxylic acids is 1. The van der Waals surface area contributed by atoms with Gasteiger partial charge >= 0.3 is 0 Å². The molecule has 2 aromatic carbocycles. The zero-order valence-electron chi connectivity index (χ0n) is 14.8. The number of aliphatic hydroxyl groups excluding tert-OH is 1. The van der Waals surface area contributed by atoms with E-state index in [9.17, 15) is 27.1 Å². The predicted molar refractivity (Wildman–Crippen MR) is 96.7 cm³/mol. The fraction of sp³-hybridized carbons (Fsp3) is 0.278. The van der Waals surface area contributed by atoms with Gasteiger partial charge in [-0.1, -0.05) is 0 Å². The van der Waals surface area contributed by atoms with Gasteiger partial charge in [0.25, 0.3) is 5.91 Å². The summed E-state index contributed by atoms with van der Waals surface area (Å²) in [4.78, 5) is 12.4. The van der Waals surface area contributed by atoms with Gasteiger partial charge in [0.15, 0.2) is 0 Å². The van der Waals surface area contributed by atoms with E-state index in [2.05, 4.69) is 10.0 Å². The van der Waals surface area contributed by atoms with Gasteiger partial charge in [-0.25, -0.2) is 21.9 Å². The number of methoxy groups -OCH3 is 1. The number of benzene rings is 2. The van der Waals surface area contributed by atoms with Crippen molar-refractivity contribution in [2.75, 3.05) is 12.4 Å². The highest BCUT2D eigenvalue weighted by atomic mass is 32.2. The number of rotatable bonds is 6. The highest BCUT2D eigenvalue weighted by Gasteiger charge is 2.31. The second-order valence-corrected chi connectivity index (χ2v) is 8.10. The van der Waals surface area contributed by atoms with Crippen LogP contribution in [0.25, 0.3) is 0 Å². The standard InChI is InChI=1S/C18H18F2N2O5S/c1-27-17-5-3-13(28(25,26)22-11-7-12(23)8-11)9-14(17)18(24)21-16-4-2-10(19)6-15(16)20/h2-6,9,11-12,22-23H,7-8H2,1H3,(H,21,24). The van der Waals surface area contributed by atoms with Gasteiger partial charge in [-0.3, -0.25) is 4.79 Å². The predicted octanol–water partition coefficient (Wildman–Crippen LogP) is 2.03. The zero-order valence-corrected chi connectivity index (χ0v) is 15.6. The van der Waals surface area contributed by atoms with Crippen molar-refractivity contribution < 1.29 is 31.8 Å². The number of nitrogens with one attached hydrogen (secondary N) is 2. The molecule has 0 spiro atoms. The Morgan fingerprint density at radius 2 is 1.89 bits per heavy atom. The number of hydrogen-bond acceptors (Lipinski definition) is 5. The van der Waals surface area contributed by atoms with E-state index in [1.54, 1.807) is 0 Å². The summed E-state index contributed by atoms with van der Waals surface area (Å²) in [6.07, 6.45) is 0.0922. The van der Waals surface area contributed by atoms with Crippen LogP contribution in [0.2, 0.25) is 0 Å². The van der Waals surface area contributed by atoms with E-state index in [4.69, 9.17) is 4.74 Å². The van der Waals surface area contributed by atoms with Gasteiger partial charge in [-0.15, -0.1) is 0 Å². The highest BCUT2D eigenvalue weighted by molar-refractivity contribution is 7.89. The molecule has 0 aromatic heterocycles. The van der Waals surface area contributed by atoms with Crippen LogP contribution in [0.1, 0.15) is 23.2 Å². The SMILES string of the molecule is COc1ccc(S(=O)(=O)NC2CC(O)C2)cc1C(=O)Nc1ccc(F)cc1F. The third kappa shape index (κ3) is 4.29. The zero-order chi connectivity index (χ0) is 20.5. The fourth-order valence-electron chi connectivity index (χ4n) is 2.78. The minimum absolute atomic E-state index is 0.0815. The molecule has 28 heavy (non-hydrogen) atoms. The van der Waals surface area contributed by atoms with Crippen LogP contribution in [-0.2, 0) is 10.0 Å². The van der Waals surface area contributed by atoms with Gasteiger partial charge in [0.2, 0.25) is 10.0 Å². The molecule has 0 unspecified atom stereocenters. The first-order chi connectivity index (χ1) is 13.2. The summed E-state index contributed by atoms with van der Waals surface area (Å²) in [7, 11) is -2.63. The van der Waals surface area contributed by atoms with E-state index >= 15 is 0 Å². The average molecular weight is 412 g/mol. The fourth-order valence-corrected chi connectivity index (χ4v) is 4.07. The van der Waals surface area contributed by atoms with Crippen LogP contribution in [0.3, 0.4) is 0 Å². The van der Waals surface area contributed by atoms with Crippen LogP contribution >= 0.6 is 0 Å². The molecule has 1 fully saturated rings. The van der Waals surface area contributed by atoms with Crippen LogP contribution in [0, 0.1) is 11.6 Å². The van der Waals surface area contributed by atoms with Gasteiger partial charge in [-0.05, 0) is 43.2 Å². The number of amides is 1. The summed E-state index contributed by atoms with van der Waals surface area (Å²) in [6, 6.07) is 5.95. The number of anilines is 1. The quantitative estimate of drug-likeness (QED) is 0.674. The summed E-state index contributed by atoms with van der Waals surface area (Å²) in [5.74, 6) is -2.51. The Bertz CT molecular complexity index is 1010. The molecule has 0 radical (unpaired) electrons. The number of hydrogen-bond donors (Lipinski definition) is 3. The van der Waals surface area contributed by atoms with E-state index < -0.39 is 33.7 Å². The molecule has 1 aliphatic rings. The van der Waals surface area contributed by atoms with Crippen molar-refractivity contribution in [1.82, 2.24) is 4.72 Å². The van der Waals surface area contributed by atoms with Crippen molar-refractivity contribution >= 4 is 21.6 Å². The van der Waals surface area contributed by atoms with Crippen LogP contribution in [0.15, 0.2) is 41.3 Å². The molecule has 150 valence electrons. The van der Waals surface area contributed by atoms with Gasteiger partial charge in [0.1, 0.15) is 17.4 Å². The minimum atomic E-state index is -3.93. The molecule has 3 rings (SSSR count). The molecule has 10 heteroatoms. The molecule has 2 aromatic rings. The van der Waals surface area contributed by atoms with Crippen LogP contribution in [0.4, 0.5) is 14.5 Å². The summed E-state index contributed by atoms with van der Waals surface area (Å²) in [5.41, 5.74) is -0.397. The first-order valence-electron chi connectivity index (χ1n) is 8.34. The molecule has 0 bridgehead atoms. The summed E-state index contributed by atoms with van der Waals surface area (Å²) in [6.45, 7) is 0. The Balaban J connectivity index is 1.87. The second kappa shape index (κ2) is 7.82. The first kappa shape index (κ1) is 20.2. The van der Waals surface area contributed by atoms with E-state index in [-0.39, 0.29) is 27.9 Å². The van der Waals surface area contributed by atoms with E-state index in [0.717, 1.165) is 18.2 Å². The molecule has 0 heterocycles. The van der Waals surface area contributed by atoms with Gasteiger partial charge in [0, 0.05) is 12.1 Å². The maximum absolute atomic E-state index is 13.8. The summed E-state index contributed by atoms with van der Waals surface area (Å²) < 4.78 is 59.3. The highest BCUT2D eigenvalue weighted by Crippen LogP contribution is 2.26. The number of ether oxygens (including phenoxy) is 1. The number of aliphatic hydroxyl groups is 1. The third-order valence-corrected chi connectivity index (χ3v) is 5.86. The maximum atomic E-state index is 13.8. The number of carbonyl (C=O) groups is 1. The van der Waals surface area contributed by atoms with Crippen molar-refractivity contribution in [2.24, 2.45) is 0 Å². The van der Waals surface area contributed by atoms with Crippen LogP contribution in [-0.4, -0.2) is 38.7 Å². The van der Waals surface area contributed by atoms with Gasteiger partial charge in [-0.2, -0.15) is 0 Å². The number of halogens is 2. The van der Waals surface area contributed by atoms with E-state index in [1.807, 2.05) is 0 Å². The Kier molecular flexibility index (Phi) is 5.64. The molecule has 0 atom stereocenters. The normalized spacial score (nSPS) is 19.0. The topological polar surface area (TPSA) is 105 Å². The smallest absolute Gasteiger partial charge is 0.259 e. The second-order valence-electron chi connectivity index (χ2n) is 6.38. The molecule has 7 nitrogen and oxygen atoms in total. The Labute approximate surface area is 160 Å². The lowest BCUT2D eigenvalue weighted by Gasteiger charge is -2.31.